The molecule has 1 fully saturated rings. The number of rotatable bonds is 7. The van der Waals surface area contributed by atoms with Gasteiger partial charge >= 0.3 is 0 Å². The number of halogens is 1. The van der Waals surface area contributed by atoms with Crippen molar-refractivity contribution in [3.63, 3.8) is 0 Å². The number of aliphatic imine (C=N–C) groups is 1. The summed E-state index contributed by atoms with van der Waals surface area (Å²) >= 11 is 0. The normalized spacial score (nSPS) is 16.9. The number of likely N-dealkylation sites (tertiary alicyclic amines) is 1. The number of carbonyl (C=O) groups excluding carboxylic acids is 1. The number of aryl methyl sites for hydroxylation is 1. The number of amides is 1. The Morgan fingerprint density at radius 3 is 2.78 bits per heavy atom. The van der Waals surface area contributed by atoms with Gasteiger partial charge in [-0.25, -0.2) is 0 Å². The molecule has 0 aliphatic carbocycles. The maximum atomic E-state index is 12.1. The van der Waals surface area contributed by atoms with Crippen LogP contribution >= 0.6 is 24.0 Å². The summed E-state index contributed by atoms with van der Waals surface area (Å²) in [5.74, 6) is 2.01. The summed E-state index contributed by atoms with van der Waals surface area (Å²) in [6.07, 6.45) is 1.84. The summed E-state index contributed by atoms with van der Waals surface area (Å²) in [5, 5.41) is 6.73. The van der Waals surface area contributed by atoms with E-state index in [0.29, 0.717) is 6.61 Å². The fraction of sp³-hybridized carbons (Fsp3) is 0.600. The summed E-state index contributed by atoms with van der Waals surface area (Å²) in [7, 11) is 1.77. The molecule has 1 atom stereocenters. The van der Waals surface area contributed by atoms with E-state index in [1.807, 2.05) is 49.9 Å². The highest BCUT2D eigenvalue weighted by Gasteiger charge is 2.27. The average molecular weight is 488 g/mol. The van der Waals surface area contributed by atoms with Crippen molar-refractivity contribution < 1.29 is 9.53 Å². The molecule has 152 valence electrons. The Labute approximate surface area is 180 Å². The van der Waals surface area contributed by atoms with E-state index in [0.717, 1.165) is 49.7 Å². The molecule has 1 heterocycles. The molecule has 1 unspecified atom stereocenters. The molecule has 2 rings (SSSR count). The van der Waals surface area contributed by atoms with Crippen molar-refractivity contribution in [2.24, 2.45) is 10.9 Å². The number of nitrogens with one attached hydrogen (secondary N) is 2. The quantitative estimate of drug-likeness (QED) is 0.268. The van der Waals surface area contributed by atoms with Gasteiger partial charge in [-0.15, -0.1) is 24.0 Å². The molecule has 1 aliphatic heterocycles. The molecule has 0 aromatic heterocycles. The van der Waals surface area contributed by atoms with Crippen molar-refractivity contribution in [1.82, 2.24) is 15.5 Å². The maximum absolute atomic E-state index is 12.1. The molecule has 1 aromatic carbocycles. The maximum Gasteiger partial charge on any atom is 0.225 e. The van der Waals surface area contributed by atoms with Crippen LogP contribution in [0.15, 0.2) is 29.3 Å². The molecule has 6 nitrogen and oxygen atoms in total. The first-order chi connectivity index (χ1) is 12.5. The van der Waals surface area contributed by atoms with E-state index in [-0.39, 0.29) is 41.8 Å². The largest absolute Gasteiger partial charge is 0.493 e. The Balaban J connectivity index is 0.00000364. The molecule has 2 N–H and O–H groups in total. The zero-order chi connectivity index (χ0) is 18.9. The molecule has 0 saturated carbocycles. The van der Waals surface area contributed by atoms with Crippen LogP contribution in [0.1, 0.15) is 32.3 Å². The minimum atomic E-state index is 0. The number of nitrogens with zero attached hydrogens (tertiary/aromatic N) is 2. The predicted molar refractivity (Wildman–Crippen MR) is 121 cm³/mol. The van der Waals surface area contributed by atoms with E-state index in [4.69, 9.17) is 4.74 Å². The molecule has 7 heteroatoms. The molecule has 27 heavy (non-hydrogen) atoms. The smallest absolute Gasteiger partial charge is 0.225 e. The van der Waals surface area contributed by atoms with Gasteiger partial charge in [0.1, 0.15) is 5.75 Å². The van der Waals surface area contributed by atoms with Crippen molar-refractivity contribution in [3.8, 4) is 5.75 Å². The van der Waals surface area contributed by atoms with Crippen LogP contribution in [0.25, 0.3) is 0 Å². The van der Waals surface area contributed by atoms with Crippen LogP contribution in [0, 0.1) is 12.8 Å². The van der Waals surface area contributed by atoms with Gasteiger partial charge in [0.05, 0.1) is 6.61 Å². The lowest BCUT2D eigenvalue weighted by Gasteiger charge is -2.20. The third-order valence-corrected chi connectivity index (χ3v) is 4.52. The Bertz CT molecular complexity index is 622. The van der Waals surface area contributed by atoms with E-state index in [1.165, 1.54) is 0 Å². The van der Waals surface area contributed by atoms with Gasteiger partial charge in [0.2, 0.25) is 5.91 Å². The number of para-hydroxylation sites is 1. The van der Waals surface area contributed by atoms with Gasteiger partial charge in [-0.05, 0) is 31.4 Å². The monoisotopic (exact) mass is 488 g/mol. The first-order valence-corrected chi connectivity index (χ1v) is 9.45. The lowest BCUT2D eigenvalue weighted by Crippen LogP contribution is -2.45. The van der Waals surface area contributed by atoms with Crippen molar-refractivity contribution >= 4 is 35.8 Å². The number of hydrogen-bond donors (Lipinski definition) is 2. The lowest BCUT2D eigenvalue weighted by atomic mass is 10.2. The lowest BCUT2D eigenvalue weighted by molar-refractivity contribution is -0.133. The Morgan fingerprint density at radius 1 is 1.37 bits per heavy atom. The van der Waals surface area contributed by atoms with Crippen LogP contribution in [0.3, 0.4) is 0 Å². The number of guanidine groups is 1. The SMILES string of the molecule is CN=C(NCCCOc1ccccc1C)NC1CCN(C(=O)C(C)C)C1.I. The van der Waals surface area contributed by atoms with Crippen LogP contribution in [0.5, 0.6) is 5.75 Å². The van der Waals surface area contributed by atoms with Crippen LogP contribution in [-0.2, 0) is 4.79 Å². The first kappa shape index (κ1) is 23.5. The summed E-state index contributed by atoms with van der Waals surface area (Å²) in [5.41, 5.74) is 1.15. The summed E-state index contributed by atoms with van der Waals surface area (Å²) in [6, 6.07) is 8.30. The molecule has 1 saturated heterocycles. The average Bonchev–Trinajstić information content (AvgIpc) is 3.09. The third-order valence-electron chi connectivity index (χ3n) is 4.52. The Kier molecular flexibility index (Phi) is 10.5. The number of benzene rings is 1. The van der Waals surface area contributed by atoms with Crippen LogP contribution in [-0.4, -0.2) is 56.1 Å². The highest BCUT2D eigenvalue weighted by Crippen LogP contribution is 2.16. The van der Waals surface area contributed by atoms with E-state index < -0.39 is 0 Å². The summed E-state index contributed by atoms with van der Waals surface area (Å²) < 4.78 is 5.80. The number of carbonyl (C=O) groups is 1. The number of hydrogen-bond acceptors (Lipinski definition) is 3. The molecule has 0 spiro atoms. The fourth-order valence-corrected chi connectivity index (χ4v) is 3.01. The molecule has 1 aliphatic rings. The predicted octanol–water partition coefficient (Wildman–Crippen LogP) is 2.80. The van der Waals surface area contributed by atoms with Crippen LogP contribution < -0.4 is 15.4 Å². The molecule has 1 amide bonds. The highest BCUT2D eigenvalue weighted by molar-refractivity contribution is 14.0. The second-order valence-electron chi connectivity index (χ2n) is 7.04. The molecule has 0 radical (unpaired) electrons. The fourth-order valence-electron chi connectivity index (χ4n) is 3.01. The van der Waals surface area contributed by atoms with Gasteiger partial charge in [0, 0.05) is 38.6 Å². The molecule has 0 bridgehead atoms. The van der Waals surface area contributed by atoms with Crippen molar-refractivity contribution in [2.45, 2.75) is 39.7 Å². The minimum absolute atomic E-state index is 0. The van der Waals surface area contributed by atoms with Crippen LogP contribution in [0.2, 0.25) is 0 Å². The minimum Gasteiger partial charge on any atom is -0.493 e. The standard InChI is InChI=1S/C20H32N4O2.HI/c1-15(2)19(25)24-12-10-17(14-24)23-20(21-4)22-11-7-13-26-18-9-6-5-8-16(18)3;/h5-6,8-9,15,17H,7,10-14H2,1-4H3,(H2,21,22,23);1H. The molecular formula is C20H33IN4O2. The summed E-state index contributed by atoms with van der Waals surface area (Å²) in [6.45, 7) is 8.95. The van der Waals surface area contributed by atoms with Gasteiger partial charge in [-0.1, -0.05) is 32.0 Å². The van der Waals surface area contributed by atoms with Gasteiger partial charge in [-0.3, -0.25) is 9.79 Å². The van der Waals surface area contributed by atoms with E-state index >= 15 is 0 Å². The van der Waals surface area contributed by atoms with Crippen LogP contribution in [0.4, 0.5) is 0 Å². The second-order valence-corrected chi connectivity index (χ2v) is 7.04. The zero-order valence-electron chi connectivity index (χ0n) is 16.8. The van der Waals surface area contributed by atoms with Gasteiger partial charge < -0.3 is 20.3 Å². The van der Waals surface area contributed by atoms with E-state index in [2.05, 4.69) is 15.6 Å². The van der Waals surface area contributed by atoms with Gasteiger partial charge in [0.15, 0.2) is 5.96 Å². The van der Waals surface area contributed by atoms with Gasteiger partial charge in [-0.2, -0.15) is 0 Å². The van der Waals surface area contributed by atoms with Crippen molar-refractivity contribution in [3.05, 3.63) is 29.8 Å². The Hall–Kier alpha value is -1.51. The molecule has 1 aromatic rings. The molecular weight excluding hydrogens is 455 g/mol. The zero-order valence-corrected chi connectivity index (χ0v) is 19.2. The first-order valence-electron chi connectivity index (χ1n) is 9.45. The van der Waals surface area contributed by atoms with E-state index in [1.54, 1.807) is 7.05 Å². The second kappa shape index (κ2) is 12.0. The highest BCUT2D eigenvalue weighted by atomic mass is 127. The van der Waals surface area contributed by atoms with Crippen molar-refractivity contribution in [2.75, 3.05) is 33.3 Å². The topological polar surface area (TPSA) is 66.0 Å². The number of ether oxygens (including phenoxy) is 1. The third kappa shape index (κ3) is 7.56. The van der Waals surface area contributed by atoms with Gasteiger partial charge in [0.25, 0.3) is 0 Å². The Morgan fingerprint density at radius 2 is 2.11 bits per heavy atom. The van der Waals surface area contributed by atoms with Crippen molar-refractivity contribution in [1.29, 1.82) is 0 Å². The van der Waals surface area contributed by atoms with E-state index in [9.17, 15) is 4.79 Å². The summed E-state index contributed by atoms with van der Waals surface area (Å²) in [4.78, 5) is 18.3.